The lowest BCUT2D eigenvalue weighted by atomic mass is 10.3. The molecule has 1 atom stereocenters. The SMILES string of the molecule is COCC(CNc1ncccc1F)OC. The number of rotatable bonds is 6. The third kappa shape index (κ3) is 3.81. The first-order valence-corrected chi connectivity index (χ1v) is 4.64. The van der Waals surface area contributed by atoms with Gasteiger partial charge < -0.3 is 14.8 Å². The van der Waals surface area contributed by atoms with E-state index in [1.165, 1.54) is 12.3 Å². The van der Waals surface area contributed by atoms with Crippen LogP contribution in [0.25, 0.3) is 0 Å². The minimum Gasteiger partial charge on any atom is -0.382 e. The van der Waals surface area contributed by atoms with Gasteiger partial charge in [0.2, 0.25) is 0 Å². The molecular formula is C10H15FN2O2. The maximum Gasteiger partial charge on any atom is 0.165 e. The molecule has 1 heterocycles. The highest BCUT2D eigenvalue weighted by atomic mass is 19.1. The summed E-state index contributed by atoms with van der Waals surface area (Å²) in [7, 11) is 3.17. The van der Waals surface area contributed by atoms with Crippen molar-refractivity contribution in [2.75, 3.05) is 32.7 Å². The number of nitrogens with one attached hydrogen (secondary N) is 1. The molecule has 0 aliphatic heterocycles. The summed E-state index contributed by atoms with van der Waals surface area (Å²) in [5.74, 6) is -0.138. The fourth-order valence-corrected chi connectivity index (χ4v) is 1.12. The quantitative estimate of drug-likeness (QED) is 0.775. The summed E-state index contributed by atoms with van der Waals surface area (Å²) in [5, 5.41) is 2.86. The summed E-state index contributed by atoms with van der Waals surface area (Å²) in [6.45, 7) is 0.913. The number of anilines is 1. The van der Waals surface area contributed by atoms with E-state index in [0.717, 1.165) is 0 Å². The van der Waals surface area contributed by atoms with Crippen molar-refractivity contribution in [2.24, 2.45) is 0 Å². The van der Waals surface area contributed by atoms with Gasteiger partial charge in [0.1, 0.15) is 0 Å². The molecule has 0 amide bonds. The molecule has 1 rings (SSSR count). The molecule has 1 N–H and O–H groups in total. The molecular weight excluding hydrogens is 199 g/mol. The first-order chi connectivity index (χ1) is 7.27. The van der Waals surface area contributed by atoms with Crippen LogP contribution in [0.2, 0.25) is 0 Å². The molecule has 0 bridgehead atoms. The van der Waals surface area contributed by atoms with Crippen molar-refractivity contribution >= 4 is 5.82 Å². The van der Waals surface area contributed by atoms with E-state index >= 15 is 0 Å². The van der Waals surface area contributed by atoms with Gasteiger partial charge in [-0.05, 0) is 12.1 Å². The molecule has 1 aromatic rings. The van der Waals surface area contributed by atoms with Crippen LogP contribution in [-0.4, -0.2) is 38.5 Å². The molecule has 0 saturated heterocycles. The van der Waals surface area contributed by atoms with Gasteiger partial charge in [-0.25, -0.2) is 9.37 Å². The average Bonchev–Trinajstić information content (AvgIpc) is 2.26. The highest BCUT2D eigenvalue weighted by Gasteiger charge is 2.08. The van der Waals surface area contributed by atoms with Crippen molar-refractivity contribution in [1.82, 2.24) is 4.98 Å². The average molecular weight is 214 g/mol. The van der Waals surface area contributed by atoms with Crippen LogP contribution in [0.5, 0.6) is 0 Å². The molecule has 0 fully saturated rings. The molecule has 0 aliphatic carbocycles. The Morgan fingerprint density at radius 3 is 2.93 bits per heavy atom. The number of hydrogen-bond donors (Lipinski definition) is 1. The fourth-order valence-electron chi connectivity index (χ4n) is 1.12. The molecule has 0 radical (unpaired) electrons. The van der Waals surface area contributed by atoms with Gasteiger partial charge in [0.05, 0.1) is 12.7 Å². The molecule has 84 valence electrons. The van der Waals surface area contributed by atoms with Gasteiger partial charge in [0.15, 0.2) is 11.6 Å². The number of methoxy groups -OCH3 is 2. The minimum absolute atomic E-state index is 0.114. The van der Waals surface area contributed by atoms with Crippen LogP contribution in [0.4, 0.5) is 10.2 Å². The number of hydrogen-bond acceptors (Lipinski definition) is 4. The Balaban J connectivity index is 2.45. The largest absolute Gasteiger partial charge is 0.382 e. The van der Waals surface area contributed by atoms with E-state index in [1.807, 2.05) is 0 Å². The van der Waals surface area contributed by atoms with Crippen LogP contribution in [0.1, 0.15) is 0 Å². The van der Waals surface area contributed by atoms with Crippen LogP contribution >= 0.6 is 0 Å². The van der Waals surface area contributed by atoms with Gasteiger partial charge in [0.25, 0.3) is 0 Å². The second-order valence-corrected chi connectivity index (χ2v) is 3.03. The third-order valence-corrected chi connectivity index (χ3v) is 1.94. The molecule has 1 unspecified atom stereocenters. The van der Waals surface area contributed by atoms with Crippen LogP contribution < -0.4 is 5.32 Å². The molecule has 15 heavy (non-hydrogen) atoms. The Labute approximate surface area is 88.4 Å². The highest BCUT2D eigenvalue weighted by molar-refractivity contribution is 5.35. The van der Waals surface area contributed by atoms with Crippen LogP contribution in [0.3, 0.4) is 0 Å². The molecule has 1 aromatic heterocycles. The summed E-state index contributed by atoms with van der Waals surface area (Å²) < 4.78 is 23.2. The zero-order valence-electron chi connectivity index (χ0n) is 8.87. The van der Waals surface area contributed by atoms with E-state index in [-0.39, 0.29) is 17.7 Å². The van der Waals surface area contributed by atoms with E-state index < -0.39 is 0 Å². The van der Waals surface area contributed by atoms with Gasteiger partial charge in [-0.2, -0.15) is 0 Å². The molecule has 0 aliphatic rings. The number of aromatic nitrogens is 1. The summed E-state index contributed by atoms with van der Waals surface area (Å²) in [4.78, 5) is 3.86. The summed E-state index contributed by atoms with van der Waals surface area (Å²) in [5.41, 5.74) is 0. The van der Waals surface area contributed by atoms with E-state index in [9.17, 15) is 4.39 Å². The van der Waals surface area contributed by atoms with Gasteiger partial charge >= 0.3 is 0 Å². The van der Waals surface area contributed by atoms with Crippen molar-refractivity contribution in [3.05, 3.63) is 24.1 Å². The second kappa shape index (κ2) is 6.31. The standard InChI is InChI=1S/C10H15FN2O2/c1-14-7-8(15-2)6-13-10-9(11)4-3-5-12-10/h3-5,8H,6-7H2,1-2H3,(H,12,13). The first kappa shape index (κ1) is 11.9. The molecule has 0 saturated carbocycles. The Morgan fingerprint density at radius 1 is 1.53 bits per heavy atom. The highest BCUT2D eigenvalue weighted by Crippen LogP contribution is 2.08. The van der Waals surface area contributed by atoms with E-state index in [2.05, 4.69) is 10.3 Å². The Hall–Kier alpha value is -1.20. The zero-order valence-corrected chi connectivity index (χ0v) is 8.87. The summed E-state index contributed by atoms with van der Waals surface area (Å²) in [6.07, 6.45) is 1.42. The Morgan fingerprint density at radius 2 is 2.33 bits per heavy atom. The Kier molecular flexibility index (Phi) is 5.00. The molecule has 5 heteroatoms. The summed E-state index contributed by atoms with van der Waals surface area (Å²) >= 11 is 0. The van der Waals surface area contributed by atoms with E-state index in [1.54, 1.807) is 20.3 Å². The Bertz CT molecular complexity index is 297. The molecule has 0 spiro atoms. The van der Waals surface area contributed by atoms with Crippen LogP contribution in [-0.2, 0) is 9.47 Å². The normalized spacial score (nSPS) is 12.5. The van der Waals surface area contributed by atoms with Crippen LogP contribution in [0.15, 0.2) is 18.3 Å². The third-order valence-electron chi connectivity index (χ3n) is 1.94. The van der Waals surface area contributed by atoms with Gasteiger partial charge in [-0.15, -0.1) is 0 Å². The van der Waals surface area contributed by atoms with E-state index in [0.29, 0.717) is 13.2 Å². The second-order valence-electron chi connectivity index (χ2n) is 3.03. The number of pyridine rings is 1. The molecule has 0 aromatic carbocycles. The monoisotopic (exact) mass is 214 g/mol. The predicted molar refractivity (Wildman–Crippen MR) is 55.4 cm³/mol. The van der Waals surface area contributed by atoms with Crippen molar-refractivity contribution in [3.63, 3.8) is 0 Å². The maximum absolute atomic E-state index is 13.1. The topological polar surface area (TPSA) is 43.4 Å². The lowest BCUT2D eigenvalue weighted by Crippen LogP contribution is -2.27. The van der Waals surface area contributed by atoms with Gasteiger partial charge in [-0.3, -0.25) is 0 Å². The van der Waals surface area contributed by atoms with Gasteiger partial charge in [-0.1, -0.05) is 0 Å². The minimum atomic E-state index is -0.371. The van der Waals surface area contributed by atoms with Crippen molar-refractivity contribution < 1.29 is 13.9 Å². The smallest absolute Gasteiger partial charge is 0.165 e. The lowest BCUT2D eigenvalue weighted by molar-refractivity contribution is 0.0365. The van der Waals surface area contributed by atoms with Crippen LogP contribution in [0, 0.1) is 5.82 Å². The maximum atomic E-state index is 13.1. The summed E-state index contributed by atoms with van der Waals surface area (Å²) in [6, 6.07) is 2.90. The van der Waals surface area contributed by atoms with E-state index in [4.69, 9.17) is 9.47 Å². The van der Waals surface area contributed by atoms with Crippen molar-refractivity contribution in [2.45, 2.75) is 6.10 Å². The lowest BCUT2D eigenvalue weighted by Gasteiger charge is -2.15. The first-order valence-electron chi connectivity index (χ1n) is 4.64. The molecule has 4 nitrogen and oxygen atoms in total. The number of halogens is 1. The van der Waals surface area contributed by atoms with Crippen molar-refractivity contribution in [1.29, 1.82) is 0 Å². The van der Waals surface area contributed by atoms with Gasteiger partial charge in [0, 0.05) is 27.0 Å². The number of ether oxygens (including phenoxy) is 2. The van der Waals surface area contributed by atoms with Crippen molar-refractivity contribution in [3.8, 4) is 0 Å². The predicted octanol–water partition coefficient (Wildman–Crippen LogP) is 1.29. The number of nitrogens with zero attached hydrogens (tertiary/aromatic N) is 1. The fraction of sp³-hybridized carbons (Fsp3) is 0.500. The zero-order chi connectivity index (χ0) is 11.1.